The first kappa shape index (κ1) is 21.8. The zero-order valence-electron chi connectivity index (χ0n) is 20.2. The molecule has 0 saturated carbocycles. The van der Waals surface area contributed by atoms with Gasteiger partial charge >= 0.3 is 0 Å². The van der Waals surface area contributed by atoms with Gasteiger partial charge in [0.05, 0.1) is 6.61 Å². The lowest BCUT2D eigenvalue weighted by atomic mass is 9.84. The number of benzene rings is 2. The van der Waals surface area contributed by atoms with Crippen molar-refractivity contribution in [1.29, 1.82) is 0 Å². The van der Waals surface area contributed by atoms with Crippen molar-refractivity contribution < 1.29 is 4.74 Å². The van der Waals surface area contributed by atoms with Crippen LogP contribution in [0.3, 0.4) is 0 Å². The zero-order chi connectivity index (χ0) is 24.2. The molecule has 36 heavy (non-hydrogen) atoms. The van der Waals surface area contributed by atoms with Crippen molar-refractivity contribution in [2.75, 3.05) is 26.2 Å². The van der Waals surface area contributed by atoms with Crippen molar-refractivity contribution in [2.45, 2.75) is 19.3 Å². The molecule has 5 nitrogen and oxygen atoms in total. The van der Waals surface area contributed by atoms with Gasteiger partial charge in [0.25, 0.3) is 5.56 Å². The van der Waals surface area contributed by atoms with Crippen molar-refractivity contribution in [1.82, 2.24) is 14.3 Å². The van der Waals surface area contributed by atoms with Crippen LogP contribution in [-0.2, 0) is 6.42 Å². The standard InChI is InChI=1S/C30H27N3O2S/c1-19-23(30(34)33-16-21(9-11-28(33)31-19)27-7-4-14-36-27)12-13-32-15-22-18-35-26-10-8-20-5-2-3-6-24(20)29(26)25(22)17-32/h2-11,14,16,22,25H,12-13,15,17-18H2,1H3/t22-,25-/m1/s1. The highest BCUT2D eigenvalue weighted by Crippen LogP contribution is 2.45. The van der Waals surface area contributed by atoms with Gasteiger partial charge in [0.1, 0.15) is 11.4 Å². The average molecular weight is 494 g/mol. The Balaban J connectivity index is 1.16. The Morgan fingerprint density at radius 3 is 2.86 bits per heavy atom. The third-order valence-corrected chi connectivity index (χ3v) is 8.80. The summed E-state index contributed by atoms with van der Waals surface area (Å²) in [5, 5.41) is 4.63. The van der Waals surface area contributed by atoms with E-state index in [1.165, 1.54) is 16.3 Å². The summed E-state index contributed by atoms with van der Waals surface area (Å²) in [4.78, 5) is 22.0. The average Bonchev–Trinajstić information content (AvgIpc) is 3.58. The molecule has 180 valence electrons. The Kier molecular flexibility index (Phi) is 5.19. The van der Waals surface area contributed by atoms with Gasteiger partial charge in [-0.1, -0.05) is 36.4 Å². The predicted molar refractivity (Wildman–Crippen MR) is 145 cm³/mol. The van der Waals surface area contributed by atoms with E-state index in [0.717, 1.165) is 53.7 Å². The van der Waals surface area contributed by atoms with Crippen LogP contribution in [-0.4, -0.2) is 40.5 Å². The van der Waals surface area contributed by atoms with E-state index >= 15 is 0 Å². The minimum atomic E-state index is 0.0483. The molecule has 5 heterocycles. The summed E-state index contributed by atoms with van der Waals surface area (Å²) in [6.45, 7) is 5.57. The highest BCUT2D eigenvalue weighted by molar-refractivity contribution is 7.13. The number of ether oxygens (including phenoxy) is 1. The van der Waals surface area contributed by atoms with E-state index in [1.807, 2.05) is 31.3 Å². The number of hydrogen-bond donors (Lipinski definition) is 0. The summed E-state index contributed by atoms with van der Waals surface area (Å²) in [7, 11) is 0. The molecule has 2 atom stereocenters. The third-order valence-electron chi connectivity index (χ3n) is 7.88. The smallest absolute Gasteiger partial charge is 0.261 e. The van der Waals surface area contributed by atoms with E-state index in [2.05, 4.69) is 52.7 Å². The minimum Gasteiger partial charge on any atom is -0.493 e. The van der Waals surface area contributed by atoms with E-state index in [9.17, 15) is 4.79 Å². The molecule has 5 aromatic rings. The van der Waals surface area contributed by atoms with Gasteiger partial charge in [-0.2, -0.15) is 0 Å². The number of rotatable bonds is 4. The molecule has 0 radical (unpaired) electrons. The SMILES string of the molecule is Cc1nc2ccc(-c3cccs3)cn2c(=O)c1CCN1C[C@@H]2COc3ccc4ccccc4c3[C@@H]2C1. The molecule has 2 aliphatic rings. The Morgan fingerprint density at radius 2 is 1.97 bits per heavy atom. The molecular formula is C30H27N3O2S. The minimum absolute atomic E-state index is 0.0483. The molecule has 2 aliphatic heterocycles. The molecule has 6 heteroatoms. The van der Waals surface area contributed by atoms with E-state index in [1.54, 1.807) is 15.7 Å². The van der Waals surface area contributed by atoms with E-state index in [4.69, 9.17) is 9.72 Å². The number of fused-ring (bicyclic) bond motifs is 6. The molecule has 0 amide bonds. The van der Waals surface area contributed by atoms with E-state index in [-0.39, 0.29) is 5.56 Å². The number of nitrogens with zero attached hydrogens (tertiary/aromatic N) is 3. The topological polar surface area (TPSA) is 46.8 Å². The van der Waals surface area contributed by atoms with Gasteiger partial charge in [0.15, 0.2) is 0 Å². The molecule has 0 aliphatic carbocycles. The Morgan fingerprint density at radius 1 is 1.06 bits per heavy atom. The largest absolute Gasteiger partial charge is 0.493 e. The normalized spacial score (nSPS) is 19.4. The summed E-state index contributed by atoms with van der Waals surface area (Å²) in [5.41, 5.74) is 4.80. The number of likely N-dealkylation sites (tertiary alicyclic amines) is 1. The van der Waals surface area contributed by atoms with Gasteiger partial charge in [-0.3, -0.25) is 9.20 Å². The van der Waals surface area contributed by atoms with Gasteiger partial charge in [-0.15, -0.1) is 11.3 Å². The number of thiophene rings is 1. The number of aryl methyl sites for hydroxylation is 1. The highest BCUT2D eigenvalue weighted by atomic mass is 32.1. The van der Waals surface area contributed by atoms with Crippen LogP contribution >= 0.6 is 11.3 Å². The summed E-state index contributed by atoms with van der Waals surface area (Å²) in [6, 6.07) is 21.0. The Labute approximate surface area is 213 Å². The van der Waals surface area contributed by atoms with Crippen LogP contribution in [0, 0.1) is 12.8 Å². The fourth-order valence-electron chi connectivity index (χ4n) is 6.05. The first-order chi connectivity index (χ1) is 17.7. The van der Waals surface area contributed by atoms with Crippen LogP contribution in [0.25, 0.3) is 26.9 Å². The second kappa shape index (κ2) is 8.57. The lowest BCUT2D eigenvalue weighted by Crippen LogP contribution is -2.28. The van der Waals surface area contributed by atoms with Crippen LogP contribution in [0.2, 0.25) is 0 Å². The quantitative estimate of drug-likeness (QED) is 0.330. The number of hydrogen-bond acceptors (Lipinski definition) is 5. The molecular weight excluding hydrogens is 466 g/mol. The van der Waals surface area contributed by atoms with Crippen molar-refractivity contribution in [2.24, 2.45) is 5.92 Å². The molecule has 1 fully saturated rings. The van der Waals surface area contributed by atoms with Crippen LogP contribution in [0.15, 0.2) is 77.0 Å². The van der Waals surface area contributed by atoms with Gasteiger partial charge in [0, 0.05) is 64.9 Å². The van der Waals surface area contributed by atoms with Crippen LogP contribution < -0.4 is 10.3 Å². The maximum Gasteiger partial charge on any atom is 0.261 e. The van der Waals surface area contributed by atoms with Gasteiger partial charge < -0.3 is 9.64 Å². The highest BCUT2D eigenvalue weighted by Gasteiger charge is 2.39. The van der Waals surface area contributed by atoms with Crippen molar-refractivity contribution in [3.8, 4) is 16.2 Å². The molecule has 3 aromatic heterocycles. The first-order valence-electron chi connectivity index (χ1n) is 12.6. The molecule has 7 rings (SSSR count). The third kappa shape index (κ3) is 3.55. The lowest BCUT2D eigenvalue weighted by molar-refractivity contribution is 0.214. The summed E-state index contributed by atoms with van der Waals surface area (Å²) in [5.74, 6) is 1.98. The summed E-state index contributed by atoms with van der Waals surface area (Å²) in [6.07, 6.45) is 2.63. The lowest BCUT2D eigenvalue weighted by Gasteiger charge is -2.29. The van der Waals surface area contributed by atoms with Crippen LogP contribution in [0.5, 0.6) is 5.75 Å². The fourth-order valence-corrected chi connectivity index (χ4v) is 6.77. The zero-order valence-corrected chi connectivity index (χ0v) is 21.0. The molecule has 2 aromatic carbocycles. The predicted octanol–water partition coefficient (Wildman–Crippen LogP) is 5.54. The van der Waals surface area contributed by atoms with E-state index in [0.29, 0.717) is 23.9 Å². The van der Waals surface area contributed by atoms with Crippen molar-refractivity contribution in [3.63, 3.8) is 0 Å². The van der Waals surface area contributed by atoms with Crippen LogP contribution in [0.4, 0.5) is 0 Å². The maximum absolute atomic E-state index is 13.5. The first-order valence-corrected chi connectivity index (χ1v) is 13.5. The Hall–Kier alpha value is -3.48. The van der Waals surface area contributed by atoms with Crippen molar-refractivity contribution >= 4 is 27.8 Å². The van der Waals surface area contributed by atoms with Crippen molar-refractivity contribution in [3.05, 3.63) is 99.4 Å². The number of aromatic nitrogens is 2. The number of pyridine rings is 1. The monoisotopic (exact) mass is 493 g/mol. The molecule has 0 N–H and O–H groups in total. The van der Waals surface area contributed by atoms with Gasteiger partial charge in [-0.05, 0) is 53.8 Å². The van der Waals surface area contributed by atoms with E-state index < -0.39 is 0 Å². The summed E-state index contributed by atoms with van der Waals surface area (Å²) < 4.78 is 7.92. The van der Waals surface area contributed by atoms with Gasteiger partial charge in [-0.25, -0.2) is 4.98 Å². The maximum atomic E-state index is 13.5. The molecule has 0 unspecified atom stereocenters. The fraction of sp³-hybridized carbons (Fsp3) is 0.267. The Bertz CT molecular complexity index is 1660. The molecule has 1 saturated heterocycles. The summed E-state index contributed by atoms with van der Waals surface area (Å²) >= 11 is 1.68. The molecule has 0 bridgehead atoms. The second-order valence-corrected chi connectivity index (χ2v) is 10.9. The van der Waals surface area contributed by atoms with Crippen LogP contribution in [0.1, 0.15) is 22.7 Å². The molecule has 0 spiro atoms. The van der Waals surface area contributed by atoms with Gasteiger partial charge in [0.2, 0.25) is 0 Å². The second-order valence-electron chi connectivity index (χ2n) is 9.99.